The van der Waals surface area contributed by atoms with Crippen molar-refractivity contribution in [1.29, 1.82) is 0 Å². The fraction of sp³-hybridized carbons (Fsp3) is 0.391. The molecule has 1 saturated heterocycles. The minimum Gasteiger partial charge on any atom is -0.497 e. The third kappa shape index (κ3) is 4.29. The van der Waals surface area contributed by atoms with E-state index in [1.54, 1.807) is 34.7 Å². The normalized spacial score (nSPS) is 15.2. The molecule has 0 amide bonds. The first-order valence-corrected chi connectivity index (χ1v) is 11.0. The first-order valence-electron chi connectivity index (χ1n) is 11.0. The minimum atomic E-state index is -0.154. The Hall–Kier alpha value is -3.46. The van der Waals surface area contributed by atoms with Crippen LogP contribution in [0.5, 0.6) is 5.75 Å². The first-order chi connectivity index (χ1) is 15.7. The summed E-state index contributed by atoms with van der Waals surface area (Å²) >= 11 is 0. The molecule has 9 nitrogen and oxygen atoms in total. The van der Waals surface area contributed by atoms with Gasteiger partial charge in [-0.1, -0.05) is 18.0 Å². The van der Waals surface area contributed by atoms with Crippen LogP contribution in [0.1, 0.15) is 37.4 Å². The summed E-state index contributed by atoms with van der Waals surface area (Å²) in [7, 11) is 1.63. The van der Waals surface area contributed by atoms with Gasteiger partial charge >= 0.3 is 0 Å². The predicted octanol–water partition coefficient (Wildman–Crippen LogP) is 2.98. The summed E-state index contributed by atoms with van der Waals surface area (Å²) in [5.74, 6) is 1.87. The third-order valence-electron chi connectivity index (χ3n) is 5.87. The number of hydrogen-bond donors (Lipinski definition) is 0. The van der Waals surface area contributed by atoms with E-state index in [1.807, 2.05) is 24.3 Å². The van der Waals surface area contributed by atoms with Crippen LogP contribution in [0, 0.1) is 0 Å². The zero-order valence-corrected chi connectivity index (χ0v) is 18.1. The monoisotopic (exact) mass is 434 g/mol. The molecule has 4 aromatic rings. The molecule has 0 saturated carbocycles. The van der Waals surface area contributed by atoms with Gasteiger partial charge in [0.2, 0.25) is 5.89 Å². The Kier molecular flexibility index (Phi) is 5.72. The highest BCUT2D eigenvalue weighted by Crippen LogP contribution is 2.21. The second-order valence-electron chi connectivity index (χ2n) is 8.11. The maximum absolute atomic E-state index is 13.0. The highest BCUT2D eigenvalue weighted by atomic mass is 16.5. The number of methoxy groups -OCH3 is 1. The first kappa shape index (κ1) is 20.4. The van der Waals surface area contributed by atoms with Gasteiger partial charge in [-0.05, 0) is 56.3 Å². The summed E-state index contributed by atoms with van der Waals surface area (Å²) < 4.78 is 13.8. The number of fused-ring (bicyclic) bond motifs is 1. The summed E-state index contributed by atoms with van der Waals surface area (Å²) in [4.78, 5) is 19.9. The highest BCUT2D eigenvalue weighted by molar-refractivity contribution is 5.66. The van der Waals surface area contributed by atoms with Crippen LogP contribution in [-0.4, -0.2) is 49.4 Å². The van der Waals surface area contributed by atoms with E-state index in [9.17, 15) is 4.79 Å². The molecule has 32 heavy (non-hydrogen) atoms. The smallest absolute Gasteiger partial charge is 0.277 e. The summed E-state index contributed by atoms with van der Waals surface area (Å²) in [5, 5.41) is 8.62. The van der Waals surface area contributed by atoms with E-state index in [0.717, 1.165) is 30.1 Å². The summed E-state index contributed by atoms with van der Waals surface area (Å²) in [6, 6.07) is 9.38. The lowest BCUT2D eigenvalue weighted by Crippen LogP contribution is -2.24. The van der Waals surface area contributed by atoms with Gasteiger partial charge in [-0.2, -0.15) is 10.1 Å². The van der Waals surface area contributed by atoms with Crippen molar-refractivity contribution < 1.29 is 9.26 Å². The fourth-order valence-corrected chi connectivity index (χ4v) is 4.11. The van der Waals surface area contributed by atoms with Gasteiger partial charge in [-0.15, -0.1) is 0 Å². The molecule has 0 radical (unpaired) electrons. The molecule has 0 aliphatic carbocycles. The molecule has 1 aliphatic heterocycles. The molecule has 9 heteroatoms. The van der Waals surface area contributed by atoms with Gasteiger partial charge in [-0.3, -0.25) is 9.69 Å². The Morgan fingerprint density at radius 3 is 2.56 bits per heavy atom. The molecule has 1 aromatic carbocycles. The van der Waals surface area contributed by atoms with Gasteiger partial charge in [0.25, 0.3) is 5.56 Å². The van der Waals surface area contributed by atoms with Crippen LogP contribution < -0.4 is 10.3 Å². The molecule has 0 unspecified atom stereocenters. The molecular weight excluding hydrogens is 408 g/mol. The quantitative estimate of drug-likeness (QED) is 0.461. The van der Waals surface area contributed by atoms with Crippen LogP contribution in [0.25, 0.3) is 16.8 Å². The Balaban J connectivity index is 1.34. The van der Waals surface area contributed by atoms with Gasteiger partial charge in [0, 0.05) is 18.0 Å². The molecule has 1 fully saturated rings. The van der Waals surface area contributed by atoms with E-state index in [1.165, 1.54) is 25.7 Å². The summed E-state index contributed by atoms with van der Waals surface area (Å²) in [6.45, 7) is 3.04. The zero-order chi connectivity index (χ0) is 21.9. The van der Waals surface area contributed by atoms with Gasteiger partial charge in [0.1, 0.15) is 11.3 Å². The van der Waals surface area contributed by atoms with Crippen LogP contribution in [0.3, 0.4) is 0 Å². The van der Waals surface area contributed by atoms with Gasteiger partial charge in [0.15, 0.2) is 5.82 Å². The molecular formula is C23H26N6O3. The number of aromatic nitrogens is 5. The van der Waals surface area contributed by atoms with E-state index in [0.29, 0.717) is 23.8 Å². The zero-order valence-electron chi connectivity index (χ0n) is 18.1. The van der Waals surface area contributed by atoms with Crippen molar-refractivity contribution in [1.82, 2.24) is 29.2 Å². The lowest BCUT2D eigenvalue weighted by Gasteiger charge is -2.16. The van der Waals surface area contributed by atoms with Crippen molar-refractivity contribution >= 4 is 5.52 Å². The van der Waals surface area contributed by atoms with Crippen molar-refractivity contribution in [3.05, 3.63) is 64.8 Å². The molecule has 5 rings (SSSR count). The van der Waals surface area contributed by atoms with E-state index in [4.69, 9.17) is 9.26 Å². The van der Waals surface area contributed by atoms with E-state index in [2.05, 4.69) is 20.1 Å². The molecule has 0 bridgehead atoms. The number of likely N-dealkylation sites (tertiary alicyclic amines) is 1. The molecule has 0 atom stereocenters. The maximum atomic E-state index is 13.0. The van der Waals surface area contributed by atoms with Gasteiger partial charge in [-0.25, -0.2) is 4.52 Å². The standard InChI is InChI=1S/C23H26N6O3/c1-31-18-8-6-17(7-9-18)19-14-20-23(30)28(12-13-29(20)25-19)15-21-24-22(32-26-21)16-27-10-4-2-3-5-11-27/h6-9,12-14H,2-5,10-11,15-16H2,1H3. The summed E-state index contributed by atoms with van der Waals surface area (Å²) in [6.07, 6.45) is 8.45. The van der Waals surface area contributed by atoms with Crippen LogP contribution in [-0.2, 0) is 13.1 Å². The lowest BCUT2D eigenvalue weighted by atomic mass is 10.1. The Labute approximate surface area is 185 Å². The van der Waals surface area contributed by atoms with Crippen molar-refractivity contribution in [2.45, 2.75) is 38.8 Å². The number of hydrogen-bond acceptors (Lipinski definition) is 7. The predicted molar refractivity (Wildman–Crippen MR) is 119 cm³/mol. The van der Waals surface area contributed by atoms with Crippen molar-refractivity contribution in [3.8, 4) is 17.0 Å². The highest BCUT2D eigenvalue weighted by Gasteiger charge is 2.15. The molecule has 4 heterocycles. The van der Waals surface area contributed by atoms with Gasteiger partial charge in [0.05, 0.1) is 25.9 Å². The lowest BCUT2D eigenvalue weighted by molar-refractivity contribution is 0.233. The molecule has 0 spiro atoms. The minimum absolute atomic E-state index is 0.154. The van der Waals surface area contributed by atoms with Crippen LogP contribution in [0.15, 0.2) is 52.0 Å². The van der Waals surface area contributed by atoms with Crippen LogP contribution >= 0.6 is 0 Å². The number of benzene rings is 1. The molecule has 0 N–H and O–H groups in total. The number of ether oxygens (including phenoxy) is 1. The van der Waals surface area contributed by atoms with E-state index in [-0.39, 0.29) is 12.1 Å². The number of rotatable bonds is 6. The summed E-state index contributed by atoms with van der Waals surface area (Å²) in [5.41, 5.74) is 1.98. The van der Waals surface area contributed by atoms with E-state index < -0.39 is 0 Å². The molecule has 166 valence electrons. The number of nitrogens with zero attached hydrogens (tertiary/aromatic N) is 6. The Morgan fingerprint density at radius 2 is 1.81 bits per heavy atom. The van der Waals surface area contributed by atoms with Gasteiger partial charge < -0.3 is 13.8 Å². The third-order valence-corrected chi connectivity index (χ3v) is 5.87. The van der Waals surface area contributed by atoms with Crippen LogP contribution in [0.2, 0.25) is 0 Å². The Bertz CT molecular complexity index is 1250. The van der Waals surface area contributed by atoms with Crippen molar-refractivity contribution in [3.63, 3.8) is 0 Å². The second kappa shape index (κ2) is 8.96. The molecule has 1 aliphatic rings. The van der Waals surface area contributed by atoms with Crippen LogP contribution in [0.4, 0.5) is 0 Å². The van der Waals surface area contributed by atoms with Crippen molar-refractivity contribution in [2.24, 2.45) is 0 Å². The van der Waals surface area contributed by atoms with Crippen molar-refractivity contribution in [2.75, 3.05) is 20.2 Å². The average molecular weight is 435 g/mol. The maximum Gasteiger partial charge on any atom is 0.277 e. The van der Waals surface area contributed by atoms with E-state index >= 15 is 0 Å². The SMILES string of the molecule is COc1ccc(-c2cc3c(=O)n(Cc4noc(CN5CCCCCC5)n4)ccn3n2)cc1. The second-order valence-corrected chi connectivity index (χ2v) is 8.11. The average Bonchev–Trinajstić information content (AvgIpc) is 3.37. The largest absolute Gasteiger partial charge is 0.497 e. The molecule has 3 aromatic heterocycles. The fourth-order valence-electron chi connectivity index (χ4n) is 4.11. The Morgan fingerprint density at radius 1 is 1.03 bits per heavy atom. The topological polar surface area (TPSA) is 90.7 Å².